The molecule has 1 N–H and O–H groups in total. The van der Waals surface area contributed by atoms with Gasteiger partial charge in [0.1, 0.15) is 0 Å². The molecule has 13 heavy (non-hydrogen) atoms. The molecule has 0 aliphatic rings. The molecule has 0 heterocycles. The van der Waals surface area contributed by atoms with Crippen LogP contribution in [0.15, 0.2) is 30.3 Å². The topological polar surface area (TPSA) is 46.5 Å². The molecule has 3 nitrogen and oxygen atoms in total. The highest BCUT2D eigenvalue weighted by Crippen LogP contribution is 1.97. The fraction of sp³-hybridized carbons (Fsp3) is 0.300. The van der Waals surface area contributed by atoms with Crippen LogP contribution < -0.4 is 0 Å². The van der Waals surface area contributed by atoms with Crippen LogP contribution in [0.5, 0.6) is 0 Å². The maximum absolute atomic E-state index is 10.6. The quantitative estimate of drug-likeness (QED) is 0.434. The van der Waals surface area contributed by atoms with E-state index in [1.807, 2.05) is 30.3 Å². The third-order valence-electron chi connectivity index (χ3n) is 1.31. The van der Waals surface area contributed by atoms with Crippen molar-refractivity contribution in [2.75, 3.05) is 6.61 Å². The summed E-state index contributed by atoms with van der Waals surface area (Å²) in [5.74, 6) is 0.121. The van der Waals surface area contributed by atoms with Crippen molar-refractivity contribution < 1.29 is 14.9 Å². The van der Waals surface area contributed by atoms with Crippen molar-refractivity contribution in [2.45, 2.75) is 13.8 Å². The summed E-state index contributed by atoms with van der Waals surface area (Å²) in [5, 5.41) is 7.38. The molecule has 0 spiro atoms. The van der Waals surface area contributed by atoms with Crippen molar-refractivity contribution in [1.29, 1.82) is 0 Å². The molecule has 1 aromatic rings. The number of carbonyl (C=O) groups excluding carboxylic acids is 1. The van der Waals surface area contributed by atoms with E-state index in [-0.39, 0.29) is 5.78 Å². The van der Waals surface area contributed by atoms with E-state index in [9.17, 15) is 4.79 Å². The Balaban J connectivity index is 0.000000310. The number of rotatable bonds is 2. The molecule has 0 aliphatic carbocycles. The molecular formula is C10H14O3. The Bertz CT molecular complexity index is 229. The molecule has 1 aromatic carbocycles. The second-order valence-corrected chi connectivity index (χ2v) is 2.34. The highest BCUT2D eigenvalue weighted by molar-refractivity contribution is 5.93. The van der Waals surface area contributed by atoms with Crippen molar-refractivity contribution in [2.24, 2.45) is 0 Å². The van der Waals surface area contributed by atoms with Gasteiger partial charge in [0.2, 0.25) is 0 Å². The van der Waals surface area contributed by atoms with E-state index in [1.54, 1.807) is 13.8 Å². The van der Waals surface area contributed by atoms with E-state index in [0.717, 1.165) is 5.56 Å². The van der Waals surface area contributed by atoms with Crippen LogP contribution in [0.1, 0.15) is 24.2 Å². The molecule has 3 heteroatoms. The van der Waals surface area contributed by atoms with Gasteiger partial charge in [0.25, 0.3) is 0 Å². The molecule has 0 aliphatic heterocycles. The van der Waals surface area contributed by atoms with Gasteiger partial charge in [-0.3, -0.25) is 10.1 Å². The highest BCUT2D eigenvalue weighted by Gasteiger charge is 1.92. The molecule has 0 saturated carbocycles. The third-order valence-corrected chi connectivity index (χ3v) is 1.31. The second-order valence-electron chi connectivity index (χ2n) is 2.34. The summed E-state index contributed by atoms with van der Waals surface area (Å²) in [6, 6.07) is 9.23. The van der Waals surface area contributed by atoms with Crippen LogP contribution in [0.4, 0.5) is 0 Å². The van der Waals surface area contributed by atoms with Crippen molar-refractivity contribution in [3.63, 3.8) is 0 Å². The Hall–Kier alpha value is -1.19. The first kappa shape index (κ1) is 11.8. The van der Waals surface area contributed by atoms with Gasteiger partial charge in [-0.1, -0.05) is 30.3 Å². The predicted octanol–water partition coefficient (Wildman–Crippen LogP) is 2.39. The fourth-order valence-electron chi connectivity index (χ4n) is 0.673. The van der Waals surface area contributed by atoms with Gasteiger partial charge in [-0.05, 0) is 13.8 Å². The van der Waals surface area contributed by atoms with E-state index in [1.165, 1.54) is 0 Å². The number of carbonyl (C=O) groups is 1. The van der Waals surface area contributed by atoms with Crippen molar-refractivity contribution in [3.05, 3.63) is 35.9 Å². The molecule has 0 fully saturated rings. The van der Waals surface area contributed by atoms with Crippen molar-refractivity contribution in [1.82, 2.24) is 0 Å². The lowest BCUT2D eigenvalue weighted by Crippen LogP contribution is -1.88. The average Bonchev–Trinajstić information content (AvgIpc) is 2.19. The van der Waals surface area contributed by atoms with Crippen LogP contribution in [-0.2, 0) is 4.89 Å². The van der Waals surface area contributed by atoms with Gasteiger partial charge in [-0.25, -0.2) is 4.89 Å². The maximum atomic E-state index is 10.6. The number of ketones is 1. The summed E-state index contributed by atoms with van der Waals surface area (Å²) in [5.41, 5.74) is 0.775. The minimum absolute atomic E-state index is 0.121. The Kier molecular flexibility index (Phi) is 6.78. The summed E-state index contributed by atoms with van der Waals surface area (Å²) in [6.07, 6.45) is 0. The van der Waals surface area contributed by atoms with Crippen LogP contribution >= 0.6 is 0 Å². The smallest absolute Gasteiger partial charge is 0.159 e. The molecule has 0 aromatic heterocycles. The van der Waals surface area contributed by atoms with Gasteiger partial charge >= 0.3 is 0 Å². The molecule has 0 amide bonds. The summed E-state index contributed by atoms with van der Waals surface area (Å²) in [4.78, 5) is 14.2. The normalized spacial score (nSPS) is 8.54. The fourth-order valence-corrected chi connectivity index (χ4v) is 0.673. The first-order valence-corrected chi connectivity index (χ1v) is 4.04. The molecule has 72 valence electrons. The standard InChI is InChI=1S/C8H8O.C2H6O2/c1-7(9)8-5-3-2-4-6-8;1-2-4-3/h2-6H,1H3;3H,2H2,1H3. The second kappa shape index (κ2) is 7.46. The summed E-state index contributed by atoms with van der Waals surface area (Å²) < 4.78 is 0. The summed E-state index contributed by atoms with van der Waals surface area (Å²) in [7, 11) is 0. The Labute approximate surface area is 77.9 Å². The van der Waals surface area contributed by atoms with E-state index >= 15 is 0 Å². The van der Waals surface area contributed by atoms with Crippen LogP contribution in [0, 0.1) is 0 Å². The molecule has 0 bridgehead atoms. The molecular weight excluding hydrogens is 168 g/mol. The van der Waals surface area contributed by atoms with E-state index in [2.05, 4.69) is 4.89 Å². The molecule has 0 radical (unpaired) electrons. The zero-order valence-corrected chi connectivity index (χ0v) is 7.86. The van der Waals surface area contributed by atoms with Crippen LogP contribution in [0.2, 0.25) is 0 Å². The van der Waals surface area contributed by atoms with Crippen molar-refractivity contribution >= 4 is 5.78 Å². The van der Waals surface area contributed by atoms with Gasteiger partial charge in [-0.15, -0.1) is 0 Å². The third kappa shape index (κ3) is 6.02. The average molecular weight is 182 g/mol. The summed E-state index contributed by atoms with van der Waals surface area (Å²) in [6.45, 7) is 3.65. The first-order chi connectivity index (χ1) is 6.22. The molecule has 0 unspecified atom stereocenters. The Morgan fingerprint density at radius 2 is 1.85 bits per heavy atom. The predicted molar refractivity (Wildman–Crippen MR) is 50.7 cm³/mol. The lowest BCUT2D eigenvalue weighted by Gasteiger charge is -1.89. The lowest BCUT2D eigenvalue weighted by atomic mass is 10.2. The van der Waals surface area contributed by atoms with Gasteiger partial charge < -0.3 is 0 Å². The molecule has 1 rings (SSSR count). The Morgan fingerprint density at radius 1 is 1.38 bits per heavy atom. The SMILES string of the molecule is CC(=O)c1ccccc1.CCOO. The van der Waals surface area contributed by atoms with Gasteiger partial charge in [-0.2, -0.15) is 0 Å². The number of benzene rings is 1. The molecule has 0 saturated heterocycles. The highest BCUT2D eigenvalue weighted by atomic mass is 17.1. The number of Topliss-reactive ketones (excluding diaryl/α,β-unsaturated/α-hetero) is 1. The van der Waals surface area contributed by atoms with E-state index < -0.39 is 0 Å². The van der Waals surface area contributed by atoms with Gasteiger partial charge in [0.05, 0.1) is 6.61 Å². The Morgan fingerprint density at radius 3 is 2.08 bits per heavy atom. The maximum Gasteiger partial charge on any atom is 0.159 e. The first-order valence-electron chi connectivity index (χ1n) is 4.04. The van der Waals surface area contributed by atoms with Gasteiger partial charge in [0, 0.05) is 5.56 Å². The monoisotopic (exact) mass is 182 g/mol. The minimum atomic E-state index is 0.121. The largest absolute Gasteiger partial charge is 0.295 e. The zero-order valence-electron chi connectivity index (χ0n) is 7.86. The lowest BCUT2D eigenvalue weighted by molar-refractivity contribution is -0.237. The zero-order chi connectivity index (χ0) is 10.1. The molecule has 0 atom stereocenters. The van der Waals surface area contributed by atoms with Crippen molar-refractivity contribution in [3.8, 4) is 0 Å². The minimum Gasteiger partial charge on any atom is -0.295 e. The van der Waals surface area contributed by atoms with Crippen LogP contribution in [-0.4, -0.2) is 17.6 Å². The van der Waals surface area contributed by atoms with Gasteiger partial charge in [0.15, 0.2) is 5.78 Å². The van der Waals surface area contributed by atoms with E-state index in [4.69, 9.17) is 5.26 Å². The number of hydrogen-bond acceptors (Lipinski definition) is 3. The summed E-state index contributed by atoms with van der Waals surface area (Å²) >= 11 is 0. The van der Waals surface area contributed by atoms with Crippen LogP contribution in [0.3, 0.4) is 0 Å². The number of hydrogen-bond donors (Lipinski definition) is 1. The van der Waals surface area contributed by atoms with Crippen LogP contribution in [0.25, 0.3) is 0 Å². The van der Waals surface area contributed by atoms with E-state index in [0.29, 0.717) is 6.61 Å².